The van der Waals surface area contributed by atoms with Crippen molar-refractivity contribution in [3.8, 4) is 0 Å². The summed E-state index contributed by atoms with van der Waals surface area (Å²) in [6.45, 7) is 1.67. The van der Waals surface area contributed by atoms with Crippen molar-refractivity contribution >= 4 is 0 Å². The Balaban J connectivity index is 2.31. The maximum Gasteiger partial charge on any atom is 0.0781 e. The highest BCUT2D eigenvalue weighted by Gasteiger charge is 2.10. The van der Waals surface area contributed by atoms with Crippen LogP contribution in [0.15, 0.2) is 0 Å². The van der Waals surface area contributed by atoms with Crippen LogP contribution in [-0.4, -0.2) is 24.8 Å². The number of nitrogens with zero attached hydrogens (tertiary/aromatic N) is 1. The Bertz CT molecular complexity index is 100. The maximum absolute atomic E-state index is 11.6. The number of quaternary nitrogens is 1. The number of rotatable bonds is 0. The van der Waals surface area contributed by atoms with Crippen molar-refractivity contribution < 1.29 is 4.65 Å². The van der Waals surface area contributed by atoms with Gasteiger partial charge in [-0.1, -0.05) is 12.8 Å². The van der Waals surface area contributed by atoms with Crippen LogP contribution < -0.4 is 0 Å². The molecular formula is C9H19NO. The first-order valence-electron chi connectivity index (χ1n) is 4.76. The molecule has 0 atom stereocenters. The first-order valence-corrected chi connectivity index (χ1v) is 4.76. The van der Waals surface area contributed by atoms with Crippen molar-refractivity contribution in [1.82, 2.24) is 0 Å². The fourth-order valence-corrected chi connectivity index (χ4v) is 1.71. The SMILES string of the molecule is C[N+]1([O-])CCCCCCCC1. The minimum Gasteiger partial charge on any atom is -0.633 e. The molecule has 0 aromatic rings. The Morgan fingerprint density at radius 3 is 1.64 bits per heavy atom. The predicted molar refractivity (Wildman–Crippen MR) is 47.0 cm³/mol. The van der Waals surface area contributed by atoms with E-state index < -0.39 is 0 Å². The summed E-state index contributed by atoms with van der Waals surface area (Å²) in [6, 6.07) is 0. The van der Waals surface area contributed by atoms with E-state index in [4.69, 9.17) is 0 Å². The van der Waals surface area contributed by atoms with Crippen LogP contribution in [0.3, 0.4) is 0 Å². The van der Waals surface area contributed by atoms with E-state index in [2.05, 4.69) is 0 Å². The van der Waals surface area contributed by atoms with Gasteiger partial charge < -0.3 is 9.85 Å². The summed E-state index contributed by atoms with van der Waals surface area (Å²) in [6.07, 6.45) is 7.44. The number of hydroxylamine groups is 3. The normalized spacial score (nSPS) is 26.7. The molecule has 0 unspecified atom stereocenters. The molecule has 1 fully saturated rings. The molecule has 1 aliphatic heterocycles. The van der Waals surface area contributed by atoms with Gasteiger partial charge in [-0.25, -0.2) is 0 Å². The lowest BCUT2D eigenvalue weighted by Crippen LogP contribution is -2.38. The molecule has 2 heteroatoms. The molecule has 0 aromatic carbocycles. The highest BCUT2D eigenvalue weighted by molar-refractivity contribution is 4.50. The zero-order valence-corrected chi connectivity index (χ0v) is 7.51. The molecule has 11 heavy (non-hydrogen) atoms. The molecule has 66 valence electrons. The zero-order valence-electron chi connectivity index (χ0n) is 7.51. The molecule has 0 radical (unpaired) electrons. The van der Waals surface area contributed by atoms with E-state index in [1.54, 1.807) is 0 Å². The van der Waals surface area contributed by atoms with Gasteiger partial charge >= 0.3 is 0 Å². The van der Waals surface area contributed by atoms with Crippen molar-refractivity contribution in [3.05, 3.63) is 5.21 Å². The van der Waals surface area contributed by atoms with E-state index in [1.165, 1.54) is 25.7 Å². The summed E-state index contributed by atoms with van der Waals surface area (Å²) in [5.41, 5.74) is 0. The van der Waals surface area contributed by atoms with Crippen molar-refractivity contribution in [2.24, 2.45) is 0 Å². The quantitative estimate of drug-likeness (QED) is 0.391. The fourth-order valence-electron chi connectivity index (χ4n) is 1.71. The van der Waals surface area contributed by atoms with Crippen LogP contribution in [0.2, 0.25) is 0 Å². The van der Waals surface area contributed by atoms with E-state index >= 15 is 0 Å². The predicted octanol–water partition coefficient (Wildman–Crippen LogP) is 2.29. The Labute approximate surface area is 69.4 Å². The van der Waals surface area contributed by atoms with Crippen LogP contribution in [0.4, 0.5) is 0 Å². The molecule has 0 amide bonds. The summed E-state index contributed by atoms with van der Waals surface area (Å²) < 4.78 is 0. The minimum absolute atomic E-state index is 0. The van der Waals surface area contributed by atoms with E-state index in [9.17, 15) is 5.21 Å². The van der Waals surface area contributed by atoms with Gasteiger partial charge in [-0.3, -0.25) is 0 Å². The summed E-state index contributed by atoms with van der Waals surface area (Å²) in [7, 11) is 1.81. The maximum atomic E-state index is 11.6. The molecule has 0 spiro atoms. The number of hydrogen-bond acceptors (Lipinski definition) is 1. The third kappa shape index (κ3) is 3.73. The molecule has 0 saturated carbocycles. The van der Waals surface area contributed by atoms with Crippen molar-refractivity contribution in [1.29, 1.82) is 0 Å². The summed E-state index contributed by atoms with van der Waals surface area (Å²) in [5.74, 6) is 0. The van der Waals surface area contributed by atoms with Gasteiger partial charge in [0.1, 0.15) is 0 Å². The van der Waals surface area contributed by atoms with Crippen molar-refractivity contribution in [3.63, 3.8) is 0 Å². The first kappa shape index (κ1) is 9.01. The van der Waals surface area contributed by atoms with Gasteiger partial charge in [-0.05, 0) is 25.7 Å². The average molecular weight is 157 g/mol. The topological polar surface area (TPSA) is 23.1 Å². The monoisotopic (exact) mass is 157 g/mol. The van der Waals surface area contributed by atoms with Crippen LogP contribution >= 0.6 is 0 Å². The van der Waals surface area contributed by atoms with Gasteiger partial charge in [0.15, 0.2) is 0 Å². The molecule has 0 aromatic heterocycles. The average Bonchev–Trinajstić information content (AvgIpc) is 2.00. The third-order valence-electron chi connectivity index (χ3n) is 2.51. The van der Waals surface area contributed by atoms with E-state index in [-0.39, 0.29) is 4.65 Å². The van der Waals surface area contributed by atoms with Gasteiger partial charge in [0.2, 0.25) is 0 Å². The van der Waals surface area contributed by atoms with Gasteiger partial charge in [-0.2, -0.15) is 0 Å². The summed E-state index contributed by atoms with van der Waals surface area (Å²) in [5, 5.41) is 11.6. The van der Waals surface area contributed by atoms with Crippen LogP contribution in [0, 0.1) is 5.21 Å². The van der Waals surface area contributed by atoms with E-state index in [0.717, 1.165) is 25.9 Å². The highest BCUT2D eigenvalue weighted by Crippen LogP contribution is 2.14. The Kier molecular flexibility index (Phi) is 3.34. The lowest BCUT2D eigenvalue weighted by Gasteiger charge is -2.38. The van der Waals surface area contributed by atoms with Gasteiger partial charge in [0, 0.05) is 0 Å². The zero-order chi connectivity index (χ0) is 8.16. The minimum atomic E-state index is 0. The van der Waals surface area contributed by atoms with Crippen molar-refractivity contribution in [2.45, 2.75) is 38.5 Å². The molecule has 1 heterocycles. The summed E-state index contributed by atoms with van der Waals surface area (Å²) in [4.78, 5) is 0. The van der Waals surface area contributed by atoms with Crippen LogP contribution in [0.25, 0.3) is 0 Å². The van der Waals surface area contributed by atoms with E-state index in [0.29, 0.717) is 0 Å². The second-order valence-corrected chi connectivity index (χ2v) is 3.87. The van der Waals surface area contributed by atoms with Crippen molar-refractivity contribution in [2.75, 3.05) is 20.1 Å². The smallest absolute Gasteiger partial charge is 0.0781 e. The van der Waals surface area contributed by atoms with Crippen LogP contribution in [0.1, 0.15) is 38.5 Å². The van der Waals surface area contributed by atoms with Gasteiger partial charge in [0.25, 0.3) is 0 Å². The molecular weight excluding hydrogens is 138 g/mol. The first-order chi connectivity index (χ1) is 5.21. The molecule has 0 aliphatic carbocycles. The largest absolute Gasteiger partial charge is 0.633 e. The second-order valence-electron chi connectivity index (χ2n) is 3.87. The van der Waals surface area contributed by atoms with Crippen LogP contribution in [0.5, 0.6) is 0 Å². The number of hydrogen-bond donors (Lipinski definition) is 0. The molecule has 1 aliphatic rings. The standard InChI is InChI=1S/C9H19NO/c1-10(11)8-6-4-2-3-5-7-9-10/h2-9H2,1H3. The molecule has 2 nitrogen and oxygen atoms in total. The molecule has 0 N–H and O–H groups in total. The molecule has 0 bridgehead atoms. The Hall–Kier alpha value is -0.0800. The van der Waals surface area contributed by atoms with Crippen LogP contribution in [-0.2, 0) is 0 Å². The summed E-state index contributed by atoms with van der Waals surface area (Å²) >= 11 is 0. The lowest BCUT2D eigenvalue weighted by molar-refractivity contribution is -0.861. The Morgan fingerprint density at radius 1 is 0.818 bits per heavy atom. The lowest BCUT2D eigenvalue weighted by atomic mass is 10.1. The molecule has 1 rings (SSSR count). The molecule has 1 saturated heterocycles. The second kappa shape index (κ2) is 4.07. The van der Waals surface area contributed by atoms with E-state index in [1.807, 2.05) is 7.05 Å². The third-order valence-corrected chi connectivity index (χ3v) is 2.51. The fraction of sp³-hybridized carbons (Fsp3) is 1.00. The van der Waals surface area contributed by atoms with Gasteiger partial charge in [0.05, 0.1) is 20.1 Å². The van der Waals surface area contributed by atoms with Gasteiger partial charge in [-0.15, -0.1) is 0 Å². The highest BCUT2D eigenvalue weighted by atomic mass is 16.5. The Morgan fingerprint density at radius 2 is 1.18 bits per heavy atom.